The second kappa shape index (κ2) is 10.6. The van der Waals surface area contributed by atoms with Crippen LogP contribution in [0.3, 0.4) is 0 Å². The second-order valence-corrected chi connectivity index (χ2v) is 12.6. The molecule has 226 valence electrons. The Hall–Kier alpha value is -6.76. The van der Waals surface area contributed by atoms with Crippen LogP contribution < -0.4 is 0 Å². The predicted molar refractivity (Wildman–Crippen MR) is 204 cm³/mol. The van der Waals surface area contributed by atoms with Crippen LogP contribution in [0.15, 0.2) is 164 Å². The molecule has 10 aromatic rings. The first-order chi connectivity index (χ1) is 24.3. The van der Waals surface area contributed by atoms with Crippen LogP contribution in [-0.4, -0.2) is 9.38 Å². The first-order valence-corrected chi connectivity index (χ1v) is 16.5. The number of aromatic nitrogens is 2. The minimum Gasteiger partial charge on any atom is -0.292 e. The van der Waals surface area contributed by atoms with Gasteiger partial charge in [-0.15, -0.1) is 0 Å². The molecule has 0 saturated carbocycles. The minimum atomic E-state index is 0.664. The highest BCUT2D eigenvalue weighted by atomic mass is 15.0. The Balaban J connectivity index is 1.16. The third-order valence-electron chi connectivity index (χ3n) is 10.00. The number of benzene rings is 8. The summed E-state index contributed by atoms with van der Waals surface area (Å²) in [5, 5.41) is 17.8. The quantitative estimate of drug-likeness (QED) is 0.145. The number of imidazole rings is 1. The Labute approximate surface area is 282 Å². The van der Waals surface area contributed by atoms with E-state index in [0.29, 0.717) is 5.56 Å². The fraction of sp³-hybridized carbons (Fsp3) is 0. The number of para-hydroxylation sites is 2. The number of fused-ring (bicyclic) bond motifs is 10. The molecular formula is C46H27N3. The van der Waals surface area contributed by atoms with Crippen LogP contribution in [0.4, 0.5) is 0 Å². The van der Waals surface area contributed by atoms with Crippen molar-refractivity contribution in [3.8, 4) is 39.4 Å². The zero-order valence-electron chi connectivity index (χ0n) is 26.4. The summed E-state index contributed by atoms with van der Waals surface area (Å²) in [6, 6.07) is 60.4. The monoisotopic (exact) mass is 621 g/mol. The van der Waals surface area contributed by atoms with Crippen LogP contribution in [0.2, 0.25) is 0 Å². The summed E-state index contributed by atoms with van der Waals surface area (Å²) in [4.78, 5) is 5.07. The lowest BCUT2D eigenvalue weighted by Crippen LogP contribution is -1.92. The first kappa shape index (κ1) is 27.4. The molecule has 0 amide bonds. The van der Waals surface area contributed by atoms with Crippen molar-refractivity contribution >= 4 is 59.9 Å². The third kappa shape index (κ3) is 4.11. The predicted octanol–water partition coefficient (Wildman–Crippen LogP) is 12.0. The molecule has 2 heterocycles. The van der Waals surface area contributed by atoms with Crippen LogP contribution in [-0.2, 0) is 0 Å². The zero-order chi connectivity index (χ0) is 32.5. The van der Waals surface area contributed by atoms with E-state index in [4.69, 9.17) is 4.98 Å². The van der Waals surface area contributed by atoms with Crippen molar-refractivity contribution in [2.24, 2.45) is 0 Å². The maximum atomic E-state index is 9.40. The molecule has 0 unspecified atom stereocenters. The van der Waals surface area contributed by atoms with Crippen molar-refractivity contribution < 1.29 is 0 Å². The van der Waals surface area contributed by atoms with Crippen molar-refractivity contribution in [3.05, 3.63) is 169 Å². The lowest BCUT2D eigenvalue weighted by atomic mass is 9.85. The van der Waals surface area contributed by atoms with E-state index in [1.165, 1.54) is 60.1 Å². The van der Waals surface area contributed by atoms with Gasteiger partial charge in [0.05, 0.1) is 28.2 Å². The molecule has 0 N–H and O–H groups in total. The SMILES string of the molecule is N#Cc1ccc(-c2c3ccccc3c(-c3ccc(-c4ccc5c6ccccc6c6nc7ccccc7n6c5c4)cc3)c3ccccc23)cc1. The highest BCUT2D eigenvalue weighted by Crippen LogP contribution is 2.44. The summed E-state index contributed by atoms with van der Waals surface area (Å²) in [5.74, 6) is 0. The van der Waals surface area contributed by atoms with Gasteiger partial charge in [0, 0.05) is 10.8 Å². The van der Waals surface area contributed by atoms with E-state index in [9.17, 15) is 5.26 Å². The maximum absolute atomic E-state index is 9.40. The van der Waals surface area contributed by atoms with Gasteiger partial charge in [0.25, 0.3) is 0 Å². The molecule has 10 rings (SSSR count). The van der Waals surface area contributed by atoms with Gasteiger partial charge in [-0.05, 0) is 90.6 Å². The summed E-state index contributed by atoms with van der Waals surface area (Å²) in [7, 11) is 0. The molecule has 0 aliphatic carbocycles. The summed E-state index contributed by atoms with van der Waals surface area (Å²) in [6.45, 7) is 0. The molecule has 3 heteroatoms. The van der Waals surface area contributed by atoms with E-state index in [1.807, 2.05) is 12.1 Å². The number of nitrogens with zero attached hydrogens (tertiary/aromatic N) is 3. The molecule has 0 spiro atoms. The van der Waals surface area contributed by atoms with Gasteiger partial charge in [0.2, 0.25) is 0 Å². The lowest BCUT2D eigenvalue weighted by molar-refractivity contribution is 1.31. The van der Waals surface area contributed by atoms with Crippen LogP contribution in [0.5, 0.6) is 0 Å². The van der Waals surface area contributed by atoms with Crippen molar-refractivity contribution in [1.82, 2.24) is 9.38 Å². The molecular weight excluding hydrogens is 595 g/mol. The molecule has 2 aromatic heterocycles. The zero-order valence-corrected chi connectivity index (χ0v) is 26.4. The fourth-order valence-electron chi connectivity index (χ4n) is 7.78. The number of hydrogen-bond acceptors (Lipinski definition) is 2. The number of rotatable bonds is 3. The van der Waals surface area contributed by atoms with E-state index in [0.717, 1.165) is 33.1 Å². The van der Waals surface area contributed by atoms with Crippen molar-refractivity contribution in [2.75, 3.05) is 0 Å². The topological polar surface area (TPSA) is 41.1 Å². The summed E-state index contributed by atoms with van der Waals surface area (Å²) in [5.41, 5.74) is 12.0. The molecule has 0 radical (unpaired) electrons. The smallest absolute Gasteiger partial charge is 0.146 e. The number of nitriles is 1. The van der Waals surface area contributed by atoms with E-state index < -0.39 is 0 Å². The van der Waals surface area contributed by atoms with Gasteiger partial charge in [-0.2, -0.15) is 5.26 Å². The molecule has 0 aliphatic heterocycles. The number of pyridine rings is 1. The molecule has 0 fully saturated rings. The third-order valence-corrected chi connectivity index (χ3v) is 10.00. The summed E-state index contributed by atoms with van der Waals surface area (Å²) >= 11 is 0. The Kier molecular flexibility index (Phi) is 5.94. The maximum Gasteiger partial charge on any atom is 0.146 e. The van der Waals surface area contributed by atoms with Gasteiger partial charge < -0.3 is 0 Å². The van der Waals surface area contributed by atoms with Crippen molar-refractivity contribution in [3.63, 3.8) is 0 Å². The van der Waals surface area contributed by atoms with Gasteiger partial charge >= 0.3 is 0 Å². The average Bonchev–Trinajstić information content (AvgIpc) is 3.57. The molecule has 0 aliphatic rings. The average molecular weight is 622 g/mol. The Morgan fingerprint density at radius 1 is 0.408 bits per heavy atom. The van der Waals surface area contributed by atoms with E-state index >= 15 is 0 Å². The second-order valence-electron chi connectivity index (χ2n) is 12.6. The Bertz CT molecular complexity index is 2920. The Morgan fingerprint density at radius 3 is 1.51 bits per heavy atom. The largest absolute Gasteiger partial charge is 0.292 e. The van der Waals surface area contributed by atoms with Gasteiger partial charge in [0.1, 0.15) is 5.65 Å². The Morgan fingerprint density at radius 2 is 0.898 bits per heavy atom. The summed E-state index contributed by atoms with van der Waals surface area (Å²) in [6.07, 6.45) is 0. The normalized spacial score (nSPS) is 11.7. The van der Waals surface area contributed by atoms with Gasteiger partial charge in [-0.3, -0.25) is 4.40 Å². The van der Waals surface area contributed by atoms with E-state index in [-0.39, 0.29) is 0 Å². The molecule has 0 bridgehead atoms. The molecule has 49 heavy (non-hydrogen) atoms. The molecule has 8 aromatic carbocycles. The van der Waals surface area contributed by atoms with Crippen LogP contribution >= 0.6 is 0 Å². The van der Waals surface area contributed by atoms with Crippen LogP contribution in [0, 0.1) is 11.3 Å². The van der Waals surface area contributed by atoms with Gasteiger partial charge in [0.15, 0.2) is 0 Å². The standard InChI is InChI=1S/C46H27N3/c47-28-29-17-19-31(20-18-29)44-36-10-2-4-12-38(36)45(39-13-5-3-11-37(39)44)32-23-21-30(22-24-32)33-25-26-35-34-9-1-6-14-40(34)46-48-41-15-7-8-16-42(41)49(46)43(35)27-33/h1-27H. The number of hydrogen-bond donors (Lipinski definition) is 0. The molecule has 3 nitrogen and oxygen atoms in total. The fourth-order valence-corrected chi connectivity index (χ4v) is 7.78. The van der Waals surface area contributed by atoms with E-state index in [2.05, 4.69) is 162 Å². The first-order valence-electron chi connectivity index (χ1n) is 16.5. The van der Waals surface area contributed by atoms with Gasteiger partial charge in [-0.25, -0.2) is 4.98 Å². The van der Waals surface area contributed by atoms with Crippen LogP contribution in [0.25, 0.3) is 93.3 Å². The van der Waals surface area contributed by atoms with E-state index in [1.54, 1.807) is 0 Å². The van der Waals surface area contributed by atoms with Gasteiger partial charge in [-0.1, -0.05) is 133 Å². The van der Waals surface area contributed by atoms with Crippen molar-refractivity contribution in [2.45, 2.75) is 0 Å². The van der Waals surface area contributed by atoms with Crippen molar-refractivity contribution in [1.29, 1.82) is 5.26 Å². The summed E-state index contributed by atoms with van der Waals surface area (Å²) < 4.78 is 2.32. The lowest BCUT2D eigenvalue weighted by Gasteiger charge is -2.18. The molecule has 0 saturated heterocycles. The van der Waals surface area contributed by atoms with Crippen LogP contribution in [0.1, 0.15) is 5.56 Å². The highest BCUT2D eigenvalue weighted by Gasteiger charge is 2.18. The minimum absolute atomic E-state index is 0.664. The highest BCUT2D eigenvalue weighted by molar-refractivity contribution is 6.21. The molecule has 0 atom stereocenters.